The Bertz CT molecular complexity index is 1810. The number of pyridine rings is 1. The van der Waals surface area contributed by atoms with Gasteiger partial charge in [-0.15, -0.1) is 34.9 Å². The van der Waals surface area contributed by atoms with E-state index < -0.39 is 5.41 Å². The minimum Gasteiger partial charge on any atom is -0.512 e. The average Bonchev–Trinajstić information content (AvgIpc) is 2.91. The molecule has 1 aromatic heterocycles. The summed E-state index contributed by atoms with van der Waals surface area (Å²) < 4.78 is 0. The second-order valence-corrected chi connectivity index (χ2v) is 14.2. The van der Waals surface area contributed by atoms with E-state index in [9.17, 15) is 9.90 Å². The number of fused-ring (bicyclic) bond motifs is 5. The predicted molar refractivity (Wildman–Crippen MR) is 184 cm³/mol. The summed E-state index contributed by atoms with van der Waals surface area (Å²) in [4.78, 5) is 16.3. The number of aromatic nitrogens is 1. The van der Waals surface area contributed by atoms with Crippen molar-refractivity contribution in [2.24, 2.45) is 16.7 Å². The van der Waals surface area contributed by atoms with Crippen LogP contribution in [0.1, 0.15) is 72.1 Å². The van der Waals surface area contributed by atoms with Gasteiger partial charge in [0.05, 0.1) is 0 Å². The number of carbonyl (C=O) groups is 1. The van der Waals surface area contributed by atoms with Gasteiger partial charge in [0, 0.05) is 43.2 Å². The standard InChI is InChI=1S/C29H26N.C11H20O2.Ir/c1-18(2)13-21-17-28-25(24-8-6-5-7-23(21)24)9-10-27-26(28)11-12-30-29(27)22-15-19(3)14-20(4)16-22;1-10(2,3)8(12)7-9(13)11(4,5)6;/h5-12,14-15,17-18H,13H2,1-4H3;7,12H,1-6H3;/q-1;;/b;8-7-;. The van der Waals surface area contributed by atoms with Gasteiger partial charge < -0.3 is 10.1 Å². The van der Waals surface area contributed by atoms with Gasteiger partial charge in [-0.25, -0.2) is 0 Å². The molecular weight excluding hydrogens is 719 g/mol. The molecule has 5 aromatic rings. The predicted octanol–water partition coefficient (Wildman–Crippen LogP) is 10.9. The second kappa shape index (κ2) is 13.8. The normalized spacial score (nSPS) is 12.3. The third-order valence-electron chi connectivity index (χ3n) is 7.68. The summed E-state index contributed by atoms with van der Waals surface area (Å²) in [7, 11) is 0. The van der Waals surface area contributed by atoms with Crippen LogP contribution in [0.2, 0.25) is 0 Å². The summed E-state index contributed by atoms with van der Waals surface area (Å²) in [6, 6.07) is 25.8. The Morgan fingerprint density at radius 3 is 2.00 bits per heavy atom. The number of allylic oxidation sites excluding steroid dienone is 2. The Labute approximate surface area is 277 Å². The number of carbonyl (C=O) groups excluding carboxylic acids is 1. The Kier molecular flexibility index (Phi) is 11.0. The summed E-state index contributed by atoms with van der Waals surface area (Å²) in [5.41, 5.74) is 5.14. The van der Waals surface area contributed by atoms with Gasteiger partial charge in [0.15, 0.2) is 5.78 Å². The largest absolute Gasteiger partial charge is 0.512 e. The fraction of sp³-hybridized carbons (Fsp3) is 0.350. The maximum Gasteiger partial charge on any atom is 0.164 e. The number of aliphatic hydroxyl groups excluding tert-OH is 1. The van der Waals surface area contributed by atoms with Crippen LogP contribution in [0.5, 0.6) is 0 Å². The Morgan fingerprint density at radius 1 is 0.818 bits per heavy atom. The second-order valence-electron chi connectivity index (χ2n) is 14.2. The van der Waals surface area contributed by atoms with Crippen molar-refractivity contribution in [2.45, 2.75) is 75.7 Å². The van der Waals surface area contributed by atoms with E-state index >= 15 is 0 Å². The molecule has 0 aliphatic heterocycles. The summed E-state index contributed by atoms with van der Waals surface area (Å²) in [5.74, 6) is 0.718. The number of ketones is 1. The van der Waals surface area contributed by atoms with E-state index in [0.29, 0.717) is 5.92 Å². The molecule has 0 unspecified atom stereocenters. The zero-order valence-corrected chi connectivity index (χ0v) is 30.2. The topological polar surface area (TPSA) is 50.2 Å². The first-order valence-corrected chi connectivity index (χ1v) is 15.2. The third kappa shape index (κ3) is 8.03. The third-order valence-corrected chi connectivity index (χ3v) is 7.68. The Morgan fingerprint density at radius 2 is 1.41 bits per heavy atom. The summed E-state index contributed by atoms with van der Waals surface area (Å²) >= 11 is 0. The van der Waals surface area contributed by atoms with Crippen LogP contribution < -0.4 is 0 Å². The van der Waals surface area contributed by atoms with Crippen molar-refractivity contribution in [3.8, 4) is 11.3 Å². The first kappa shape index (κ1) is 35.2. The number of benzene rings is 4. The summed E-state index contributed by atoms with van der Waals surface area (Å²) in [6.07, 6.45) is 4.36. The molecule has 3 nitrogen and oxygen atoms in total. The van der Waals surface area contributed by atoms with Crippen molar-refractivity contribution in [3.63, 3.8) is 0 Å². The minimum atomic E-state index is -0.417. The van der Waals surface area contributed by atoms with Gasteiger partial charge in [-0.1, -0.05) is 106 Å². The van der Waals surface area contributed by atoms with Crippen LogP contribution in [0.3, 0.4) is 0 Å². The van der Waals surface area contributed by atoms with E-state index in [-0.39, 0.29) is 37.1 Å². The zero-order valence-electron chi connectivity index (χ0n) is 27.8. The summed E-state index contributed by atoms with van der Waals surface area (Å²) in [5, 5.41) is 17.4. The fourth-order valence-corrected chi connectivity index (χ4v) is 5.32. The van der Waals surface area contributed by atoms with Gasteiger partial charge in [0.2, 0.25) is 0 Å². The van der Waals surface area contributed by atoms with Gasteiger partial charge in [-0.3, -0.25) is 4.79 Å². The Hall–Kier alpha value is -3.33. The molecule has 233 valence electrons. The van der Waals surface area contributed by atoms with Crippen molar-refractivity contribution in [2.75, 3.05) is 0 Å². The number of nitrogens with zero attached hydrogens (tertiary/aromatic N) is 1. The number of rotatable bonds is 4. The van der Waals surface area contributed by atoms with Gasteiger partial charge in [0.1, 0.15) is 5.76 Å². The number of aryl methyl sites for hydroxylation is 2. The number of hydrogen-bond donors (Lipinski definition) is 1. The minimum absolute atomic E-state index is 0. The molecule has 44 heavy (non-hydrogen) atoms. The van der Waals surface area contributed by atoms with Crippen molar-refractivity contribution < 1.29 is 30.0 Å². The quantitative estimate of drug-likeness (QED) is 0.0858. The maximum atomic E-state index is 11.5. The van der Waals surface area contributed by atoms with Crippen LogP contribution in [0, 0.1) is 36.7 Å². The molecule has 0 saturated carbocycles. The molecular formula is C40H46IrNO2-. The summed E-state index contributed by atoms with van der Waals surface area (Å²) in [6.45, 7) is 19.9. The van der Waals surface area contributed by atoms with E-state index in [2.05, 4.69) is 94.4 Å². The van der Waals surface area contributed by atoms with E-state index in [0.717, 1.165) is 23.2 Å². The molecule has 0 bridgehead atoms. The van der Waals surface area contributed by atoms with Gasteiger partial charge in [-0.05, 0) is 68.0 Å². The SMILES string of the molecule is CC(C)(C)C(=O)/C=C(\O)C(C)(C)C.Cc1[c-]c(-c2nccc3c2ccc2c4ccccc4c(CC(C)C)cc32)cc(C)c1.[Ir]. The van der Waals surface area contributed by atoms with Crippen LogP contribution in [0.25, 0.3) is 43.6 Å². The van der Waals surface area contributed by atoms with Crippen LogP contribution in [0.4, 0.5) is 0 Å². The van der Waals surface area contributed by atoms with Crippen molar-refractivity contribution in [1.29, 1.82) is 0 Å². The van der Waals surface area contributed by atoms with E-state index in [1.165, 1.54) is 49.5 Å². The van der Waals surface area contributed by atoms with Crippen molar-refractivity contribution in [3.05, 3.63) is 101 Å². The van der Waals surface area contributed by atoms with Crippen molar-refractivity contribution in [1.82, 2.24) is 4.98 Å². The van der Waals surface area contributed by atoms with E-state index in [1.54, 1.807) is 0 Å². The number of hydrogen-bond acceptors (Lipinski definition) is 3. The van der Waals surface area contributed by atoms with E-state index in [4.69, 9.17) is 4.98 Å². The Balaban J connectivity index is 0.000000324. The van der Waals surface area contributed by atoms with Crippen molar-refractivity contribution >= 4 is 38.1 Å². The van der Waals surface area contributed by atoms with Gasteiger partial charge >= 0.3 is 0 Å². The molecule has 1 heterocycles. The molecule has 0 fully saturated rings. The van der Waals surface area contributed by atoms with Crippen LogP contribution in [-0.2, 0) is 31.3 Å². The first-order chi connectivity index (χ1) is 20.1. The van der Waals surface area contributed by atoms with Gasteiger partial charge in [0.25, 0.3) is 0 Å². The number of aliphatic hydroxyl groups is 1. The van der Waals surface area contributed by atoms with Gasteiger partial charge in [-0.2, -0.15) is 0 Å². The molecule has 0 spiro atoms. The van der Waals surface area contributed by atoms with E-state index in [1.807, 2.05) is 47.7 Å². The van der Waals surface area contributed by atoms with Crippen LogP contribution >= 0.6 is 0 Å². The average molecular weight is 765 g/mol. The molecule has 0 saturated heterocycles. The van der Waals surface area contributed by atoms with Crippen LogP contribution in [-0.4, -0.2) is 15.9 Å². The maximum absolute atomic E-state index is 11.5. The molecule has 1 N–H and O–H groups in total. The monoisotopic (exact) mass is 765 g/mol. The molecule has 0 aliphatic rings. The fourth-order valence-electron chi connectivity index (χ4n) is 5.32. The zero-order chi connectivity index (χ0) is 31.7. The first-order valence-electron chi connectivity index (χ1n) is 15.2. The molecule has 5 rings (SSSR count). The molecule has 0 amide bonds. The smallest absolute Gasteiger partial charge is 0.164 e. The molecule has 4 heteroatoms. The molecule has 0 atom stereocenters. The molecule has 0 aliphatic carbocycles. The molecule has 1 radical (unpaired) electrons. The molecule has 4 aromatic carbocycles. The van der Waals surface area contributed by atoms with Crippen LogP contribution in [0.15, 0.2) is 78.7 Å².